The van der Waals surface area contributed by atoms with E-state index in [1.54, 1.807) is 7.05 Å². The molecule has 2 amide bonds. The molecule has 2 aliphatic heterocycles. The van der Waals surface area contributed by atoms with E-state index in [1.807, 2.05) is 0 Å². The van der Waals surface area contributed by atoms with Crippen LogP contribution in [0.15, 0.2) is 0 Å². The topological polar surface area (TPSA) is 95.0 Å². The third kappa shape index (κ3) is 3.55. The molecule has 7 nitrogen and oxygen atoms in total. The summed E-state index contributed by atoms with van der Waals surface area (Å²) in [5.74, 6) is -0.811. The van der Waals surface area contributed by atoms with Gasteiger partial charge in [0.05, 0.1) is 6.04 Å². The lowest BCUT2D eigenvalue weighted by Crippen LogP contribution is -2.34. The summed E-state index contributed by atoms with van der Waals surface area (Å²) in [5, 5.41) is 8.51. The summed E-state index contributed by atoms with van der Waals surface area (Å²) >= 11 is 0. The molecule has 20 heavy (non-hydrogen) atoms. The van der Waals surface area contributed by atoms with Crippen LogP contribution in [-0.4, -0.2) is 64.7 Å². The van der Waals surface area contributed by atoms with Crippen LogP contribution in [0.3, 0.4) is 0 Å². The van der Waals surface area contributed by atoms with E-state index < -0.39 is 12.0 Å². The molecule has 0 radical (unpaired) electrons. The van der Waals surface area contributed by atoms with Crippen molar-refractivity contribution in [1.29, 1.82) is 0 Å². The number of aliphatic carboxylic acids is 1. The molecule has 7 heteroatoms. The molecule has 0 aliphatic carbocycles. The quantitative estimate of drug-likeness (QED) is 0.763. The van der Waals surface area contributed by atoms with Gasteiger partial charge in [0.25, 0.3) is 0 Å². The zero-order valence-corrected chi connectivity index (χ0v) is 12.0. The average molecular weight is 284 g/mol. The first-order valence-electron chi connectivity index (χ1n) is 6.50. The summed E-state index contributed by atoms with van der Waals surface area (Å²) in [7, 11) is 3.20. The maximum absolute atomic E-state index is 10.9. The Hall–Kier alpha value is -1.92. The fraction of sp³-hybridized carbons (Fsp3) is 0.692. The van der Waals surface area contributed by atoms with Crippen molar-refractivity contribution in [3.8, 4) is 0 Å². The van der Waals surface area contributed by atoms with E-state index in [4.69, 9.17) is 5.11 Å². The number of carbonyl (C=O) groups is 4. The number of likely N-dealkylation sites (tertiary alicyclic amines) is 2. The molecule has 112 valence electrons. The second-order valence-electron chi connectivity index (χ2n) is 5.07. The smallest absolute Gasteiger partial charge is 0.326 e. The molecule has 0 aromatic carbocycles. The highest BCUT2D eigenvalue weighted by molar-refractivity contribution is 5.90. The number of carboxylic acid groups (broad SMARTS) is 1. The van der Waals surface area contributed by atoms with E-state index in [1.165, 1.54) is 23.8 Å². The van der Waals surface area contributed by atoms with Crippen molar-refractivity contribution in [3.63, 3.8) is 0 Å². The number of rotatable bonds is 2. The minimum atomic E-state index is -0.909. The summed E-state index contributed by atoms with van der Waals surface area (Å²) in [6.45, 7) is 1.53. The van der Waals surface area contributed by atoms with E-state index in [-0.39, 0.29) is 23.6 Å². The molecule has 0 saturated carbocycles. The Morgan fingerprint density at radius 3 is 1.55 bits per heavy atom. The normalized spacial score (nSPS) is 25.6. The van der Waals surface area contributed by atoms with Crippen molar-refractivity contribution in [2.75, 3.05) is 14.1 Å². The first-order chi connectivity index (χ1) is 9.25. The van der Waals surface area contributed by atoms with Crippen LogP contribution >= 0.6 is 0 Å². The highest BCUT2D eigenvalue weighted by Crippen LogP contribution is 2.16. The average Bonchev–Trinajstić information content (AvgIpc) is 2.86. The fourth-order valence-corrected chi connectivity index (χ4v) is 2.37. The number of ketones is 1. The molecule has 0 aromatic rings. The van der Waals surface area contributed by atoms with Crippen LogP contribution in [0.25, 0.3) is 0 Å². The molecule has 0 bridgehead atoms. The molecule has 2 rings (SSSR count). The van der Waals surface area contributed by atoms with Crippen molar-refractivity contribution in [3.05, 3.63) is 0 Å². The SMILES string of the molecule is CC(=O)C1CCC(=O)N1C.CN1C(=O)CCC1C(=O)O. The van der Waals surface area contributed by atoms with Crippen LogP contribution in [-0.2, 0) is 19.2 Å². The third-order valence-electron chi connectivity index (χ3n) is 3.74. The lowest BCUT2D eigenvalue weighted by Gasteiger charge is -2.15. The largest absolute Gasteiger partial charge is 0.480 e. The van der Waals surface area contributed by atoms with E-state index in [0.717, 1.165) is 0 Å². The Kier molecular flexibility index (Phi) is 5.24. The van der Waals surface area contributed by atoms with Crippen molar-refractivity contribution in [2.24, 2.45) is 0 Å². The molecule has 2 atom stereocenters. The Morgan fingerprint density at radius 2 is 1.40 bits per heavy atom. The monoisotopic (exact) mass is 284 g/mol. The van der Waals surface area contributed by atoms with E-state index in [9.17, 15) is 19.2 Å². The van der Waals surface area contributed by atoms with Gasteiger partial charge in [0.1, 0.15) is 6.04 Å². The minimum Gasteiger partial charge on any atom is -0.480 e. The van der Waals surface area contributed by atoms with Gasteiger partial charge in [0.2, 0.25) is 11.8 Å². The first-order valence-corrected chi connectivity index (χ1v) is 6.50. The summed E-state index contributed by atoms with van der Waals surface area (Å²) < 4.78 is 0. The highest BCUT2D eigenvalue weighted by atomic mass is 16.4. The van der Waals surface area contributed by atoms with Crippen molar-refractivity contribution in [1.82, 2.24) is 9.80 Å². The Bertz CT molecular complexity index is 394. The van der Waals surface area contributed by atoms with Gasteiger partial charge in [-0.05, 0) is 19.8 Å². The number of amides is 2. The molecule has 0 aromatic heterocycles. The minimum absolute atomic E-state index is 0.0765. The second-order valence-corrected chi connectivity index (χ2v) is 5.07. The summed E-state index contributed by atoms with van der Waals surface area (Å²) in [6.07, 6.45) is 2.05. The molecule has 1 N–H and O–H groups in total. The first kappa shape index (κ1) is 16.1. The van der Waals surface area contributed by atoms with E-state index in [2.05, 4.69) is 0 Å². The molecule has 2 fully saturated rings. The predicted octanol–water partition coefficient (Wildman–Crippen LogP) is -0.112. The molecule has 2 saturated heterocycles. The molecular weight excluding hydrogens is 264 g/mol. The summed E-state index contributed by atoms with van der Waals surface area (Å²) in [4.78, 5) is 45.6. The van der Waals surface area contributed by atoms with Crippen molar-refractivity contribution in [2.45, 2.75) is 44.7 Å². The third-order valence-corrected chi connectivity index (χ3v) is 3.74. The van der Waals surface area contributed by atoms with Gasteiger partial charge in [-0.25, -0.2) is 4.79 Å². The standard InChI is InChI=1S/C7H11NO2.C6H9NO3/c1-5(9)6-3-4-7(10)8(6)2;1-7-4(6(9)10)2-3-5(7)8/h6H,3-4H2,1-2H3;4H,2-3H2,1H3,(H,9,10). The van der Waals surface area contributed by atoms with Crippen LogP contribution < -0.4 is 0 Å². The number of hydrogen-bond acceptors (Lipinski definition) is 4. The lowest BCUT2D eigenvalue weighted by molar-refractivity contribution is -0.145. The van der Waals surface area contributed by atoms with Crippen LogP contribution in [0.4, 0.5) is 0 Å². The van der Waals surface area contributed by atoms with Gasteiger partial charge in [-0.3, -0.25) is 14.4 Å². The molecule has 2 heterocycles. The number of Topliss-reactive ketones (excluding diaryl/α,β-unsaturated/α-hetero) is 1. The van der Waals surface area contributed by atoms with Crippen LogP contribution in [0, 0.1) is 0 Å². The maximum atomic E-state index is 10.9. The second kappa shape index (κ2) is 6.49. The number of nitrogens with zero attached hydrogens (tertiary/aromatic N) is 2. The maximum Gasteiger partial charge on any atom is 0.326 e. The zero-order valence-electron chi connectivity index (χ0n) is 12.0. The fourth-order valence-electron chi connectivity index (χ4n) is 2.37. The highest BCUT2D eigenvalue weighted by Gasteiger charge is 2.32. The van der Waals surface area contributed by atoms with Gasteiger partial charge in [-0.15, -0.1) is 0 Å². The Morgan fingerprint density at radius 1 is 1.00 bits per heavy atom. The number of carboxylic acids is 1. The summed E-state index contributed by atoms with van der Waals surface area (Å²) in [5.41, 5.74) is 0. The van der Waals surface area contributed by atoms with Gasteiger partial charge in [-0.2, -0.15) is 0 Å². The summed E-state index contributed by atoms with van der Waals surface area (Å²) in [6, 6.07) is -0.736. The van der Waals surface area contributed by atoms with Gasteiger partial charge >= 0.3 is 5.97 Å². The van der Waals surface area contributed by atoms with E-state index >= 15 is 0 Å². The van der Waals surface area contributed by atoms with E-state index in [0.29, 0.717) is 25.7 Å². The molecule has 2 aliphatic rings. The van der Waals surface area contributed by atoms with Crippen LogP contribution in [0.5, 0.6) is 0 Å². The lowest BCUT2D eigenvalue weighted by atomic mass is 10.1. The van der Waals surface area contributed by atoms with Gasteiger partial charge in [-0.1, -0.05) is 0 Å². The zero-order chi connectivity index (χ0) is 15.4. The van der Waals surface area contributed by atoms with Gasteiger partial charge in [0.15, 0.2) is 5.78 Å². The van der Waals surface area contributed by atoms with Gasteiger partial charge < -0.3 is 14.9 Å². The van der Waals surface area contributed by atoms with Gasteiger partial charge in [0, 0.05) is 26.9 Å². The van der Waals surface area contributed by atoms with Crippen molar-refractivity contribution < 1.29 is 24.3 Å². The molecular formula is C13H20N2O5. The molecule has 2 unspecified atom stereocenters. The Balaban J connectivity index is 0.000000200. The molecule has 0 spiro atoms. The predicted molar refractivity (Wildman–Crippen MR) is 69.9 cm³/mol. The number of hydrogen-bond donors (Lipinski definition) is 1. The number of likely N-dealkylation sites (N-methyl/N-ethyl adjacent to an activating group) is 2. The number of carbonyl (C=O) groups excluding carboxylic acids is 3. The van der Waals surface area contributed by atoms with Crippen LogP contribution in [0.2, 0.25) is 0 Å². The van der Waals surface area contributed by atoms with Crippen molar-refractivity contribution >= 4 is 23.6 Å². The Labute approximate surface area is 117 Å². The van der Waals surface area contributed by atoms with Crippen LogP contribution in [0.1, 0.15) is 32.6 Å².